The second-order valence-corrected chi connectivity index (χ2v) is 6.12. The van der Waals surface area contributed by atoms with Crippen LogP contribution in [0.3, 0.4) is 0 Å². The third-order valence-corrected chi connectivity index (χ3v) is 4.10. The lowest BCUT2D eigenvalue weighted by atomic mass is 9.86. The predicted octanol–water partition coefficient (Wildman–Crippen LogP) is 4.47. The molecular formula is C17H25NO3. The Morgan fingerprint density at radius 3 is 2.71 bits per heavy atom. The molecule has 2 rings (SSSR count). The minimum Gasteiger partial charge on any atom is -0.508 e. The maximum absolute atomic E-state index is 9.61. The predicted molar refractivity (Wildman–Crippen MR) is 83.5 cm³/mol. The Bertz CT molecular complexity index is 513. The first-order valence-electron chi connectivity index (χ1n) is 7.81. The Labute approximate surface area is 126 Å². The number of aromatic hydroxyl groups is 1. The highest BCUT2D eigenvalue weighted by Gasteiger charge is 2.35. The van der Waals surface area contributed by atoms with Crippen molar-refractivity contribution in [3.63, 3.8) is 0 Å². The highest BCUT2D eigenvalue weighted by molar-refractivity contribution is 6.04. The molecule has 4 heteroatoms. The lowest BCUT2D eigenvalue weighted by Crippen LogP contribution is -2.39. The average molecular weight is 291 g/mol. The number of ether oxygens (including phenoxy) is 1. The van der Waals surface area contributed by atoms with Crippen LogP contribution in [-0.4, -0.2) is 21.6 Å². The van der Waals surface area contributed by atoms with Crippen LogP contribution in [0.2, 0.25) is 0 Å². The molecule has 116 valence electrons. The van der Waals surface area contributed by atoms with E-state index in [1.165, 1.54) is 25.7 Å². The summed E-state index contributed by atoms with van der Waals surface area (Å²) in [5.41, 5.74) is 1.03. The zero-order chi connectivity index (χ0) is 15.3. The van der Waals surface area contributed by atoms with Crippen LogP contribution in [0.25, 0.3) is 0 Å². The molecule has 2 N–H and O–H groups in total. The summed E-state index contributed by atoms with van der Waals surface area (Å²) in [4.78, 5) is 0. The molecule has 1 heterocycles. The van der Waals surface area contributed by atoms with Crippen molar-refractivity contribution in [1.82, 2.24) is 0 Å². The van der Waals surface area contributed by atoms with E-state index in [2.05, 4.69) is 12.1 Å². The molecule has 0 fully saturated rings. The summed E-state index contributed by atoms with van der Waals surface area (Å²) >= 11 is 0. The van der Waals surface area contributed by atoms with Crippen LogP contribution < -0.4 is 4.74 Å². The van der Waals surface area contributed by atoms with E-state index >= 15 is 0 Å². The smallest absolute Gasteiger partial charge is 0.133 e. The number of fused-ring (bicyclic) bond motifs is 1. The first kappa shape index (κ1) is 15.7. The number of hydrogen-bond acceptors (Lipinski definition) is 4. The fourth-order valence-electron chi connectivity index (χ4n) is 2.92. The topological polar surface area (TPSA) is 62.1 Å². The van der Waals surface area contributed by atoms with Crippen molar-refractivity contribution in [2.24, 2.45) is 5.16 Å². The Morgan fingerprint density at radius 2 is 2.00 bits per heavy atom. The van der Waals surface area contributed by atoms with Crippen molar-refractivity contribution in [3.05, 3.63) is 23.8 Å². The van der Waals surface area contributed by atoms with Gasteiger partial charge in [-0.05, 0) is 31.9 Å². The highest BCUT2D eigenvalue weighted by Crippen LogP contribution is 2.38. The standard InChI is InChI=1S/C17H25NO3/c1-3-4-5-6-7-10-17(2)12-15(18-20)14-9-8-13(19)11-16(14)21-17/h8-9,11,19-20H,3-7,10,12H2,1-2H3/b18-15-. The molecule has 0 saturated heterocycles. The van der Waals surface area contributed by atoms with Gasteiger partial charge in [-0.2, -0.15) is 0 Å². The van der Waals surface area contributed by atoms with Gasteiger partial charge in [0.15, 0.2) is 0 Å². The van der Waals surface area contributed by atoms with E-state index in [9.17, 15) is 10.3 Å². The van der Waals surface area contributed by atoms with Crippen LogP contribution in [-0.2, 0) is 0 Å². The second-order valence-electron chi connectivity index (χ2n) is 6.12. The SMILES string of the molecule is CCCCCCCC1(C)C/C(=N/O)c2ccc(O)cc2O1. The van der Waals surface area contributed by atoms with E-state index in [1.54, 1.807) is 18.2 Å². The van der Waals surface area contributed by atoms with Crippen LogP contribution in [0.4, 0.5) is 0 Å². The molecule has 1 aliphatic heterocycles. The summed E-state index contributed by atoms with van der Waals surface area (Å²) in [6, 6.07) is 4.91. The summed E-state index contributed by atoms with van der Waals surface area (Å²) in [5, 5.41) is 22.3. The molecule has 1 unspecified atom stereocenters. The van der Waals surface area contributed by atoms with E-state index in [-0.39, 0.29) is 11.4 Å². The molecule has 0 saturated carbocycles. The van der Waals surface area contributed by atoms with Crippen LogP contribution in [0.5, 0.6) is 11.5 Å². The quantitative estimate of drug-likeness (QED) is 0.461. The normalized spacial score (nSPS) is 22.9. The zero-order valence-electron chi connectivity index (χ0n) is 12.9. The third kappa shape index (κ3) is 3.90. The van der Waals surface area contributed by atoms with Crippen molar-refractivity contribution >= 4 is 5.71 Å². The molecule has 1 aromatic rings. The summed E-state index contributed by atoms with van der Waals surface area (Å²) in [5.74, 6) is 0.767. The minimum atomic E-state index is -0.366. The van der Waals surface area contributed by atoms with Gasteiger partial charge in [0, 0.05) is 18.1 Å². The molecule has 4 nitrogen and oxygen atoms in total. The number of phenolic OH excluding ortho intramolecular Hbond substituents is 1. The highest BCUT2D eigenvalue weighted by atomic mass is 16.5. The van der Waals surface area contributed by atoms with E-state index < -0.39 is 0 Å². The van der Waals surface area contributed by atoms with Gasteiger partial charge in [-0.3, -0.25) is 0 Å². The van der Waals surface area contributed by atoms with Crippen molar-refractivity contribution in [2.45, 2.75) is 64.4 Å². The maximum Gasteiger partial charge on any atom is 0.133 e. The van der Waals surface area contributed by atoms with Gasteiger partial charge in [-0.1, -0.05) is 37.8 Å². The first-order valence-corrected chi connectivity index (χ1v) is 7.81. The number of unbranched alkanes of at least 4 members (excludes halogenated alkanes) is 4. The molecule has 0 radical (unpaired) electrons. The zero-order valence-corrected chi connectivity index (χ0v) is 12.9. The average Bonchev–Trinajstić information content (AvgIpc) is 2.45. The maximum atomic E-state index is 9.61. The number of benzene rings is 1. The molecule has 0 spiro atoms. The van der Waals surface area contributed by atoms with Crippen molar-refractivity contribution in [2.75, 3.05) is 0 Å². The van der Waals surface area contributed by atoms with Gasteiger partial charge in [-0.25, -0.2) is 0 Å². The lowest BCUT2D eigenvalue weighted by molar-refractivity contribution is 0.0762. The lowest BCUT2D eigenvalue weighted by Gasteiger charge is -2.36. The van der Waals surface area contributed by atoms with Gasteiger partial charge < -0.3 is 15.1 Å². The van der Waals surface area contributed by atoms with E-state index in [1.807, 2.05) is 6.92 Å². The van der Waals surface area contributed by atoms with Crippen molar-refractivity contribution in [3.8, 4) is 11.5 Å². The molecule has 1 atom stereocenters. The minimum absolute atomic E-state index is 0.165. The number of rotatable bonds is 6. The van der Waals surface area contributed by atoms with Gasteiger partial charge in [0.2, 0.25) is 0 Å². The largest absolute Gasteiger partial charge is 0.508 e. The molecule has 1 aromatic carbocycles. The molecule has 0 aromatic heterocycles. The van der Waals surface area contributed by atoms with Crippen molar-refractivity contribution < 1.29 is 15.1 Å². The van der Waals surface area contributed by atoms with E-state index in [0.29, 0.717) is 17.9 Å². The van der Waals surface area contributed by atoms with Crippen LogP contribution in [0.1, 0.15) is 64.4 Å². The summed E-state index contributed by atoms with van der Waals surface area (Å²) in [6.07, 6.45) is 7.58. The van der Waals surface area contributed by atoms with E-state index in [4.69, 9.17) is 4.74 Å². The van der Waals surface area contributed by atoms with Gasteiger partial charge in [0.1, 0.15) is 17.1 Å². The van der Waals surface area contributed by atoms with E-state index in [0.717, 1.165) is 18.4 Å². The monoisotopic (exact) mass is 291 g/mol. The molecular weight excluding hydrogens is 266 g/mol. The molecule has 21 heavy (non-hydrogen) atoms. The third-order valence-electron chi connectivity index (χ3n) is 4.10. The Hall–Kier alpha value is -1.71. The summed E-state index contributed by atoms with van der Waals surface area (Å²) in [7, 11) is 0. The molecule has 0 aliphatic carbocycles. The number of phenols is 1. The Balaban J connectivity index is 2.06. The van der Waals surface area contributed by atoms with Crippen LogP contribution >= 0.6 is 0 Å². The first-order chi connectivity index (χ1) is 10.1. The van der Waals surface area contributed by atoms with Crippen LogP contribution in [0, 0.1) is 0 Å². The second kappa shape index (κ2) is 6.83. The Morgan fingerprint density at radius 1 is 1.24 bits per heavy atom. The van der Waals surface area contributed by atoms with Gasteiger partial charge in [0.25, 0.3) is 0 Å². The fraction of sp³-hybridized carbons (Fsp3) is 0.588. The number of hydrogen-bond donors (Lipinski definition) is 2. The molecule has 1 aliphatic rings. The Kier molecular flexibility index (Phi) is 5.10. The van der Waals surface area contributed by atoms with Crippen molar-refractivity contribution in [1.29, 1.82) is 0 Å². The summed E-state index contributed by atoms with van der Waals surface area (Å²) < 4.78 is 6.09. The summed E-state index contributed by atoms with van der Waals surface area (Å²) in [6.45, 7) is 4.25. The molecule has 0 bridgehead atoms. The molecule has 0 amide bonds. The van der Waals surface area contributed by atoms with Crippen LogP contribution in [0.15, 0.2) is 23.4 Å². The van der Waals surface area contributed by atoms with Gasteiger partial charge in [0.05, 0.1) is 5.71 Å². The van der Waals surface area contributed by atoms with Gasteiger partial charge >= 0.3 is 0 Å². The number of nitrogens with zero attached hydrogens (tertiary/aromatic N) is 1. The fourth-order valence-corrected chi connectivity index (χ4v) is 2.92. The number of oxime groups is 1. The van der Waals surface area contributed by atoms with Gasteiger partial charge in [-0.15, -0.1) is 0 Å².